The lowest BCUT2D eigenvalue weighted by molar-refractivity contribution is -0.308. The fraction of sp³-hybridized carbons (Fsp3) is 0.667. The lowest BCUT2D eigenvalue weighted by atomic mass is 10.0. The molecule has 0 saturated carbocycles. The van der Waals surface area contributed by atoms with Crippen LogP contribution in [0.15, 0.2) is 18.2 Å². The molecule has 14 heteroatoms. The fourth-order valence-electron chi connectivity index (χ4n) is 4.10. The Hall–Kier alpha value is -2.38. The molecule has 0 aromatic heterocycles. The zero-order chi connectivity index (χ0) is 26.0. The Morgan fingerprint density at radius 2 is 1.37 bits per heavy atom. The van der Waals surface area contributed by atoms with E-state index in [1.165, 1.54) is 0 Å². The first-order valence-corrected chi connectivity index (χ1v) is 10.9. The van der Waals surface area contributed by atoms with Crippen LogP contribution in [0.3, 0.4) is 0 Å². The number of carbonyl (C=O) groups excluding carboxylic acids is 1. The molecule has 0 aliphatic carbocycles. The quantitative estimate of drug-likeness (QED) is 0.495. The molecule has 0 radical (unpaired) electrons. The maximum Gasteiger partial charge on any atom is 0.434 e. The van der Waals surface area contributed by atoms with E-state index < -0.39 is 36.3 Å². The number of nitrogens with zero attached hydrogens (tertiary/aromatic N) is 3. The summed E-state index contributed by atoms with van der Waals surface area (Å²) in [6.45, 7) is 0.941. The molecule has 0 unspecified atom stereocenters. The van der Waals surface area contributed by atoms with Gasteiger partial charge in [-0.05, 0) is 43.0 Å². The van der Waals surface area contributed by atoms with Crippen molar-refractivity contribution in [1.29, 1.82) is 0 Å². The molecule has 35 heavy (non-hydrogen) atoms. The molecule has 0 atom stereocenters. The van der Waals surface area contributed by atoms with Crippen molar-refractivity contribution in [2.75, 3.05) is 44.2 Å². The van der Waals surface area contributed by atoms with Crippen molar-refractivity contribution in [3.63, 3.8) is 0 Å². The molecule has 2 aliphatic heterocycles. The molecule has 1 aromatic carbocycles. The standard InChI is InChI=1S/C21H24F9N3O2/c22-19(23,24)15-10-14(11-16(12-15)32-4-2-1-3-5-32)13-31-6-8-33(9-7-31)18(34)35-17(20(25,26)27)21(28,29)30/h10-12,17H,1-9,13H2. The maximum absolute atomic E-state index is 13.5. The van der Waals surface area contributed by atoms with E-state index in [2.05, 4.69) is 4.74 Å². The Bertz CT molecular complexity index is 858. The molecule has 0 spiro atoms. The van der Waals surface area contributed by atoms with E-state index in [4.69, 9.17) is 0 Å². The Kier molecular flexibility index (Phi) is 8.02. The second kappa shape index (κ2) is 10.3. The largest absolute Gasteiger partial charge is 0.434 e. The number of amides is 1. The molecule has 198 valence electrons. The fourth-order valence-corrected chi connectivity index (χ4v) is 4.10. The average molecular weight is 521 g/mol. The molecule has 2 saturated heterocycles. The molecule has 2 fully saturated rings. The number of ether oxygens (including phenoxy) is 1. The lowest BCUT2D eigenvalue weighted by Gasteiger charge is -2.35. The summed E-state index contributed by atoms with van der Waals surface area (Å²) >= 11 is 0. The van der Waals surface area contributed by atoms with Crippen LogP contribution in [0.2, 0.25) is 0 Å². The molecular weight excluding hydrogens is 497 g/mol. The van der Waals surface area contributed by atoms with Crippen LogP contribution in [0.25, 0.3) is 0 Å². The predicted molar refractivity (Wildman–Crippen MR) is 107 cm³/mol. The van der Waals surface area contributed by atoms with Crippen LogP contribution in [0.1, 0.15) is 30.4 Å². The van der Waals surface area contributed by atoms with Gasteiger partial charge in [-0.3, -0.25) is 4.90 Å². The van der Waals surface area contributed by atoms with Gasteiger partial charge in [0.15, 0.2) is 0 Å². The lowest BCUT2D eigenvalue weighted by Crippen LogP contribution is -2.52. The number of hydrogen-bond acceptors (Lipinski definition) is 4. The van der Waals surface area contributed by atoms with Gasteiger partial charge < -0.3 is 14.5 Å². The van der Waals surface area contributed by atoms with Crippen LogP contribution in [-0.2, 0) is 17.5 Å². The number of carbonyl (C=O) groups is 1. The van der Waals surface area contributed by atoms with Gasteiger partial charge in [-0.25, -0.2) is 4.79 Å². The van der Waals surface area contributed by atoms with Gasteiger partial charge in [-0.15, -0.1) is 0 Å². The summed E-state index contributed by atoms with van der Waals surface area (Å²) in [5, 5.41) is 0. The Morgan fingerprint density at radius 1 is 0.800 bits per heavy atom. The summed E-state index contributed by atoms with van der Waals surface area (Å²) in [6, 6.07) is 3.77. The minimum absolute atomic E-state index is 0.0348. The molecule has 3 rings (SSSR count). The number of benzene rings is 1. The van der Waals surface area contributed by atoms with Crippen molar-refractivity contribution in [2.45, 2.75) is 50.4 Å². The van der Waals surface area contributed by atoms with Crippen molar-refractivity contribution in [3.05, 3.63) is 29.3 Å². The van der Waals surface area contributed by atoms with E-state index in [1.54, 1.807) is 11.0 Å². The molecule has 1 aromatic rings. The van der Waals surface area contributed by atoms with E-state index in [9.17, 15) is 44.3 Å². The smallest absolute Gasteiger partial charge is 0.426 e. The van der Waals surface area contributed by atoms with E-state index in [0.29, 0.717) is 29.2 Å². The third-order valence-corrected chi connectivity index (χ3v) is 5.88. The van der Waals surface area contributed by atoms with Crippen LogP contribution in [0.5, 0.6) is 0 Å². The summed E-state index contributed by atoms with van der Waals surface area (Å²) in [6.07, 6.45) is -19.4. The SMILES string of the molecule is O=C(OC(C(F)(F)F)C(F)(F)F)N1CCN(Cc2cc(N3CCCCC3)cc(C(F)(F)F)c2)CC1. The number of rotatable bonds is 4. The predicted octanol–water partition coefficient (Wildman–Crippen LogP) is 5.44. The van der Waals surface area contributed by atoms with Crippen LogP contribution >= 0.6 is 0 Å². The number of halogens is 9. The van der Waals surface area contributed by atoms with Crippen LogP contribution < -0.4 is 4.90 Å². The van der Waals surface area contributed by atoms with Crippen molar-refractivity contribution < 1.29 is 49.0 Å². The second-order valence-corrected chi connectivity index (χ2v) is 8.54. The van der Waals surface area contributed by atoms with Gasteiger partial charge in [0.05, 0.1) is 5.56 Å². The minimum atomic E-state index is -5.81. The zero-order valence-electron chi connectivity index (χ0n) is 18.4. The number of piperazine rings is 1. The van der Waals surface area contributed by atoms with Crippen LogP contribution in [0, 0.1) is 0 Å². The molecular formula is C21H24F9N3O2. The second-order valence-electron chi connectivity index (χ2n) is 8.54. The summed E-state index contributed by atoms with van der Waals surface area (Å²) in [5.41, 5.74) is 0.0100. The number of piperidine rings is 1. The van der Waals surface area contributed by atoms with Crippen molar-refractivity contribution in [3.8, 4) is 0 Å². The molecule has 0 N–H and O–H groups in total. The summed E-state index contributed by atoms with van der Waals surface area (Å²) in [5.74, 6) is 0. The number of anilines is 1. The summed E-state index contributed by atoms with van der Waals surface area (Å²) < 4.78 is 120. The van der Waals surface area contributed by atoms with Crippen molar-refractivity contribution in [1.82, 2.24) is 9.80 Å². The molecule has 2 heterocycles. The van der Waals surface area contributed by atoms with E-state index in [1.807, 2.05) is 4.90 Å². The third kappa shape index (κ3) is 7.31. The first-order valence-electron chi connectivity index (χ1n) is 10.9. The van der Waals surface area contributed by atoms with E-state index >= 15 is 0 Å². The van der Waals surface area contributed by atoms with Crippen molar-refractivity contribution in [2.24, 2.45) is 0 Å². The highest BCUT2D eigenvalue weighted by Gasteiger charge is 2.60. The van der Waals surface area contributed by atoms with Gasteiger partial charge >= 0.3 is 24.6 Å². The van der Waals surface area contributed by atoms with E-state index in [-0.39, 0.29) is 32.7 Å². The Morgan fingerprint density at radius 3 is 1.89 bits per heavy atom. The highest BCUT2D eigenvalue weighted by Crippen LogP contribution is 2.36. The first-order chi connectivity index (χ1) is 16.1. The molecule has 0 bridgehead atoms. The zero-order valence-corrected chi connectivity index (χ0v) is 18.4. The molecule has 1 amide bonds. The summed E-state index contributed by atoms with van der Waals surface area (Å²) in [4.78, 5) is 16.2. The third-order valence-electron chi connectivity index (χ3n) is 5.88. The normalized spacial score (nSPS) is 18.8. The van der Waals surface area contributed by atoms with Gasteiger partial charge in [0, 0.05) is 51.5 Å². The average Bonchev–Trinajstić information content (AvgIpc) is 2.76. The topological polar surface area (TPSA) is 36.0 Å². The summed E-state index contributed by atoms with van der Waals surface area (Å²) in [7, 11) is 0. The number of hydrogen-bond donors (Lipinski definition) is 0. The monoisotopic (exact) mass is 521 g/mol. The van der Waals surface area contributed by atoms with Crippen LogP contribution in [0.4, 0.5) is 50.0 Å². The van der Waals surface area contributed by atoms with Gasteiger partial charge in [0.2, 0.25) is 0 Å². The Balaban J connectivity index is 1.64. The highest BCUT2D eigenvalue weighted by molar-refractivity contribution is 5.68. The minimum Gasteiger partial charge on any atom is -0.426 e. The van der Waals surface area contributed by atoms with Gasteiger partial charge in [0.1, 0.15) is 0 Å². The molecule has 5 nitrogen and oxygen atoms in total. The highest BCUT2D eigenvalue weighted by atomic mass is 19.4. The van der Waals surface area contributed by atoms with Crippen molar-refractivity contribution >= 4 is 11.8 Å². The van der Waals surface area contributed by atoms with Gasteiger partial charge in [-0.1, -0.05) is 0 Å². The Labute approximate surface area is 195 Å². The van der Waals surface area contributed by atoms with E-state index in [0.717, 1.165) is 31.4 Å². The first kappa shape index (κ1) is 27.2. The van der Waals surface area contributed by atoms with Gasteiger partial charge in [-0.2, -0.15) is 39.5 Å². The molecule has 2 aliphatic rings. The van der Waals surface area contributed by atoms with Crippen LogP contribution in [-0.4, -0.2) is 73.6 Å². The maximum atomic E-state index is 13.5. The number of alkyl halides is 9. The van der Waals surface area contributed by atoms with Gasteiger partial charge in [0.25, 0.3) is 6.10 Å².